The van der Waals surface area contributed by atoms with Crippen LogP contribution in [0.5, 0.6) is 0 Å². The van der Waals surface area contributed by atoms with Gasteiger partial charge in [-0.15, -0.1) is 0 Å². The van der Waals surface area contributed by atoms with Crippen molar-refractivity contribution in [2.45, 2.75) is 0 Å². The van der Waals surface area contributed by atoms with E-state index in [1.165, 1.54) is 104 Å². The van der Waals surface area contributed by atoms with Gasteiger partial charge in [0.15, 0.2) is 0 Å². The van der Waals surface area contributed by atoms with Crippen molar-refractivity contribution in [3.05, 3.63) is 279 Å². The van der Waals surface area contributed by atoms with Gasteiger partial charge >= 0.3 is 0 Å². The van der Waals surface area contributed by atoms with Crippen LogP contribution in [0.25, 0.3) is 115 Å². The Kier molecular flexibility index (Phi) is 9.89. The summed E-state index contributed by atoms with van der Waals surface area (Å²) in [6.45, 7) is 0. The number of anilines is 3. The minimum atomic E-state index is 1.09. The maximum atomic E-state index is 2.40. The van der Waals surface area contributed by atoms with Gasteiger partial charge in [0.2, 0.25) is 0 Å². The van der Waals surface area contributed by atoms with E-state index in [1.54, 1.807) is 0 Å². The fourth-order valence-corrected chi connectivity index (χ4v) is 11.3. The lowest BCUT2D eigenvalue weighted by Gasteiger charge is -2.26. The number of aromatic nitrogens is 1. The van der Waals surface area contributed by atoms with Gasteiger partial charge in [-0.3, -0.25) is 0 Å². The lowest BCUT2D eigenvalue weighted by molar-refractivity contribution is 1.18. The molecule has 336 valence electrons. The van der Waals surface area contributed by atoms with Gasteiger partial charge in [0.25, 0.3) is 0 Å². The molecule has 14 aromatic rings. The van der Waals surface area contributed by atoms with E-state index in [9.17, 15) is 0 Å². The van der Waals surface area contributed by atoms with E-state index in [1.807, 2.05) is 0 Å². The lowest BCUT2D eigenvalue weighted by atomic mass is 9.92. The molecule has 0 aliphatic carbocycles. The number of fused-ring (bicyclic) bond motifs is 10. The highest BCUT2D eigenvalue weighted by Crippen LogP contribution is 2.42. The first-order chi connectivity index (χ1) is 35.7. The van der Waals surface area contributed by atoms with Crippen molar-refractivity contribution in [1.29, 1.82) is 0 Å². The van der Waals surface area contributed by atoms with E-state index in [0.29, 0.717) is 0 Å². The Morgan fingerprint density at radius 3 is 1.17 bits per heavy atom. The highest BCUT2D eigenvalue weighted by Gasteiger charge is 2.18. The number of hydrogen-bond donors (Lipinski definition) is 0. The van der Waals surface area contributed by atoms with Crippen LogP contribution >= 0.6 is 0 Å². The smallest absolute Gasteiger partial charge is 0.0541 e. The first kappa shape index (κ1) is 41.5. The van der Waals surface area contributed by atoms with Gasteiger partial charge < -0.3 is 9.47 Å². The molecular weight excluding hydrogens is 869 g/mol. The second-order valence-electron chi connectivity index (χ2n) is 18.9. The Morgan fingerprint density at radius 1 is 0.222 bits per heavy atom. The molecule has 0 bridgehead atoms. The SMILES string of the molecule is c1ccc(-c2ccc(N(c3ccc(-c4ccc5c6ccccc6c6ccccc6c5c4)cc3)c3ccc(-c4ccc5c(c4)c4cc(-c6cccc7ccccc67)ccc4n5-c4ccccc4)cc3)cc2)cc1. The first-order valence-electron chi connectivity index (χ1n) is 24.8. The van der Waals surface area contributed by atoms with Crippen molar-refractivity contribution < 1.29 is 0 Å². The highest BCUT2D eigenvalue weighted by molar-refractivity contribution is 6.25. The molecule has 1 heterocycles. The van der Waals surface area contributed by atoms with E-state index in [2.05, 4.69) is 289 Å². The van der Waals surface area contributed by atoms with Gasteiger partial charge in [0.1, 0.15) is 0 Å². The average Bonchev–Trinajstić information content (AvgIpc) is 3.79. The summed E-state index contributed by atoms with van der Waals surface area (Å²) in [5.74, 6) is 0. The summed E-state index contributed by atoms with van der Waals surface area (Å²) in [5, 5.41) is 12.7. The Bertz CT molecular complexity index is 4300. The average molecular weight is 915 g/mol. The van der Waals surface area contributed by atoms with Crippen molar-refractivity contribution in [2.75, 3.05) is 4.90 Å². The van der Waals surface area contributed by atoms with Crippen LogP contribution in [0.3, 0.4) is 0 Å². The molecule has 2 heteroatoms. The van der Waals surface area contributed by atoms with E-state index in [0.717, 1.165) is 28.3 Å². The van der Waals surface area contributed by atoms with E-state index in [-0.39, 0.29) is 0 Å². The number of benzene rings is 13. The monoisotopic (exact) mass is 914 g/mol. The van der Waals surface area contributed by atoms with Crippen LogP contribution in [-0.4, -0.2) is 4.57 Å². The van der Waals surface area contributed by atoms with Crippen molar-refractivity contribution in [1.82, 2.24) is 4.57 Å². The molecule has 0 N–H and O–H groups in total. The molecule has 0 radical (unpaired) electrons. The highest BCUT2D eigenvalue weighted by atomic mass is 15.1. The number of para-hydroxylation sites is 1. The predicted molar refractivity (Wildman–Crippen MR) is 307 cm³/mol. The molecule has 14 rings (SSSR count). The zero-order chi connectivity index (χ0) is 47.5. The Labute approximate surface area is 418 Å². The van der Waals surface area contributed by atoms with Crippen molar-refractivity contribution >= 4 is 82.0 Å². The van der Waals surface area contributed by atoms with Gasteiger partial charge in [-0.2, -0.15) is 0 Å². The molecule has 0 atom stereocenters. The van der Waals surface area contributed by atoms with E-state index >= 15 is 0 Å². The third kappa shape index (κ3) is 7.03. The molecule has 0 fully saturated rings. The topological polar surface area (TPSA) is 8.17 Å². The van der Waals surface area contributed by atoms with Crippen LogP contribution in [-0.2, 0) is 0 Å². The second kappa shape index (κ2) is 17.2. The molecule has 0 saturated heterocycles. The summed E-state index contributed by atoms with van der Waals surface area (Å²) in [6, 6.07) is 102. The minimum absolute atomic E-state index is 1.09. The van der Waals surface area contributed by atoms with Crippen LogP contribution < -0.4 is 4.90 Å². The second-order valence-corrected chi connectivity index (χ2v) is 18.9. The van der Waals surface area contributed by atoms with Crippen LogP contribution in [0.4, 0.5) is 17.1 Å². The fraction of sp³-hybridized carbons (Fsp3) is 0. The van der Waals surface area contributed by atoms with Crippen molar-refractivity contribution in [3.63, 3.8) is 0 Å². The number of hydrogen-bond acceptors (Lipinski definition) is 1. The molecule has 0 amide bonds. The fourth-order valence-electron chi connectivity index (χ4n) is 11.3. The Morgan fingerprint density at radius 2 is 0.597 bits per heavy atom. The Hall–Kier alpha value is -9.50. The third-order valence-electron chi connectivity index (χ3n) is 14.8. The molecule has 0 aliphatic heterocycles. The predicted octanol–water partition coefficient (Wildman–Crippen LogP) is 19.5. The largest absolute Gasteiger partial charge is 0.311 e. The van der Waals surface area contributed by atoms with Gasteiger partial charge in [-0.05, 0) is 166 Å². The van der Waals surface area contributed by atoms with E-state index in [4.69, 9.17) is 0 Å². The van der Waals surface area contributed by atoms with Crippen LogP contribution in [0.1, 0.15) is 0 Å². The van der Waals surface area contributed by atoms with Gasteiger partial charge in [0.05, 0.1) is 11.0 Å². The summed E-state index contributed by atoms with van der Waals surface area (Å²) in [6.07, 6.45) is 0. The molecule has 0 spiro atoms. The zero-order valence-electron chi connectivity index (χ0n) is 39.5. The third-order valence-corrected chi connectivity index (χ3v) is 14.8. The summed E-state index contributed by atoms with van der Waals surface area (Å²) in [7, 11) is 0. The molecule has 0 aliphatic rings. The first-order valence-corrected chi connectivity index (χ1v) is 24.8. The number of rotatable bonds is 8. The molecule has 13 aromatic carbocycles. The summed E-state index contributed by atoms with van der Waals surface area (Å²) >= 11 is 0. The standard InChI is InChI=1S/C70H46N2/c1-3-14-47(15-4-1)48-26-35-56(36-27-48)71(57-37-28-49(29-38-57)52-32-41-65-63-23-10-9-21-61(63)62-22-11-12-24-64(62)66(65)44-52)58-39-30-50(31-40-58)53-33-42-69-67(45-53)68-46-54(60-25-13-17-51-16-7-8-20-59(51)60)34-43-70(68)72(69)55-18-5-2-6-19-55/h1-46H. The molecular formula is C70H46N2. The Balaban J connectivity index is 0.856. The van der Waals surface area contributed by atoms with Crippen LogP contribution in [0.2, 0.25) is 0 Å². The maximum absolute atomic E-state index is 2.40. The molecule has 0 saturated carbocycles. The molecule has 2 nitrogen and oxygen atoms in total. The molecule has 1 aromatic heterocycles. The van der Waals surface area contributed by atoms with Crippen molar-refractivity contribution in [3.8, 4) is 50.2 Å². The quantitative estimate of drug-likeness (QED) is 0.138. The summed E-state index contributed by atoms with van der Waals surface area (Å²) in [4.78, 5) is 2.37. The molecule has 72 heavy (non-hydrogen) atoms. The maximum Gasteiger partial charge on any atom is 0.0541 e. The number of nitrogens with zero attached hydrogens (tertiary/aromatic N) is 2. The summed E-state index contributed by atoms with van der Waals surface area (Å²) < 4.78 is 2.40. The van der Waals surface area contributed by atoms with Gasteiger partial charge in [-0.1, -0.05) is 200 Å². The van der Waals surface area contributed by atoms with Crippen LogP contribution in [0.15, 0.2) is 279 Å². The minimum Gasteiger partial charge on any atom is -0.311 e. The normalized spacial score (nSPS) is 11.6. The van der Waals surface area contributed by atoms with Gasteiger partial charge in [0, 0.05) is 33.5 Å². The lowest BCUT2D eigenvalue weighted by Crippen LogP contribution is -2.09. The van der Waals surface area contributed by atoms with Crippen LogP contribution in [0, 0.1) is 0 Å². The summed E-state index contributed by atoms with van der Waals surface area (Å²) in [5.41, 5.74) is 16.4. The molecule has 0 unspecified atom stereocenters. The van der Waals surface area contributed by atoms with E-state index < -0.39 is 0 Å². The van der Waals surface area contributed by atoms with Gasteiger partial charge in [-0.25, -0.2) is 0 Å². The zero-order valence-corrected chi connectivity index (χ0v) is 39.5. The van der Waals surface area contributed by atoms with Crippen molar-refractivity contribution in [2.24, 2.45) is 0 Å².